The monoisotopic (exact) mass is 358 g/mol. The lowest BCUT2D eigenvalue weighted by Crippen LogP contribution is -2.39. The minimum atomic E-state index is -0.393. The van der Waals surface area contributed by atoms with Crippen LogP contribution in [0.1, 0.15) is 28.8 Å². The lowest BCUT2D eigenvalue weighted by atomic mass is 9.96. The molecule has 0 aromatic heterocycles. The van der Waals surface area contributed by atoms with E-state index in [1.165, 1.54) is 11.1 Å². The zero-order valence-corrected chi connectivity index (χ0v) is 15.9. The molecule has 1 amide bonds. The van der Waals surface area contributed by atoms with Crippen molar-refractivity contribution in [3.05, 3.63) is 108 Å². The van der Waals surface area contributed by atoms with E-state index in [0.29, 0.717) is 0 Å². The minimum Gasteiger partial charge on any atom is -0.347 e. The fourth-order valence-electron chi connectivity index (χ4n) is 3.22. The summed E-state index contributed by atoms with van der Waals surface area (Å²) in [6.07, 6.45) is 0.814. The van der Waals surface area contributed by atoms with Crippen LogP contribution in [0.2, 0.25) is 0 Å². The van der Waals surface area contributed by atoms with Crippen LogP contribution in [-0.4, -0.2) is 24.9 Å². The van der Waals surface area contributed by atoms with Gasteiger partial charge in [0, 0.05) is 20.1 Å². The summed E-state index contributed by atoms with van der Waals surface area (Å²) in [6.45, 7) is 0. The molecule has 0 saturated carbocycles. The maximum atomic E-state index is 12.9. The van der Waals surface area contributed by atoms with Crippen LogP contribution in [0.4, 0.5) is 0 Å². The third kappa shape index (κ3) is 5.05. The highest BCUT2D eigenvalue weighted by atomic mass is 16.2. The zero-order chi connectivity index (χ0) is 19.1. The van der Waals surface area contributed by atoms with Gasteiger partial charge in [-0.05, 0) is 23.1 Å². The maximum Gasteiger partial charge on any atom is 0.243 e. The van der Waals surface area contributed by atoms with E-state index in [9.17, 15) is 4.79 Å². The smallest absolute Gasteiger partial charge is 0.243 e. The SMILES string of the molecule is CN(C)C(=O)[C@H](N[C@@H](Cc1ccccc1)c1ccccc1)c1ccccc1. The van der Waals surface area contributed by atoms with Crippen molar-refractivity contribution < 1.29 is 4.79 Å². The summed E-state index contributed by atoms with van der Waals surface area (Å²) in [5.41, 5.74) is 3.39. The Kier molecular flexibility index (Phi) is 6.39. The van der Waals surface area contributed by atoms with Crippen molar-refractivity contribution in [1.29, 1.82) is 0 Å². The number of nitrogens with one attached hydrogen (secondary N) is 1. The van der Waals surface area contributed by atoms with Gasteiger partial charge in [0.25, 0.3) is 0 Å². The van der Waals surface area contributed by atoms with Crippen LogP contribution in [0.15, 0.2) is 91.0 Å². The van der Waals surface area contributed by atoms with E-state index in [0.717, 1.165) is 12.0 Å². The molecule has 0 bridgehead atoms. The molecule has 0 unspecified atom stereocenters. The van der Waals surface area contributed by atoms with Crippen LogP contribution in [0.3, 0.4) is 0 Å². The van der Waals surface area contributed by atoms with Crippen LogP contribution in [-0.2, 0) is 11.2 Å². The molecule has 0 aliphatic heterocycles. The molecule has 3 aromatic carbocycles. The average molecular weight is 358 g/mol. The van der Waals surface area contributed by atoms with Crippen LogP contribution in [0, 0.1) is 0 Å². The van der Waals surface area contributed by atoms with Gasteiger partial charge >= 0.3 is 0 Å². The van der Waals surface area contributed by atoms with Gasteiger partial charge in [-0.1, -0.05) is 91.0 Å². The Balaban J connectivity index is 1.93. The summed E-state index contributed by atoms with van der Waals surface area (Å²) >= 11 is 0. The molecule has 3 aromatic rings. The lowest BCUT2D eigenvalue weighted by Gasteiger charge is -2.28. The largest absolute Gasteiger partial charge is 0.347 e. The summed E-state index contributed by atoms with van der Waals surface area (Å²) in [5, 5.41) is 3.63. The molecule has 3 nitrogen and oxygen atoms in total. The molecule has 0 aliphatic carbocycles. The number of nitrogens with zero attached hydrogens (tertiary/aromatic N) is 1. The summed E-state index contributed by atoms with van der Waals surface area (Å²) in [6, 6.07) is 30.3. The fourth-order valence-corrected chi connectivity index (χ4v) is 3.22. The van der Waals surface area contributed by atoms with Crippen LogP contribution in [0.5, 0.6) is 0 Å². The van der Waals surface area contributed by atoms with Gasteiger partial charge in [0.15, 0.2) is 0 Å². The second kappa shape index (κ2) is 9.15. The molecule has 27 heavy (non-hydrogen) atoms. The predicted octanol–water partition coefficient (Wildman–Crippen LogP) is 4.39. The van der Waals surface area contributed by atoms with Gasteiger partial charge in [0.1, 0.15) is 6.04 Å². The van der Waals surface area contributed by atoms with E-state index >= 15 is 0 Å². The fraction of sp³-hybridized carbons (Fsp3) is 0.208. The standard InChI is InChI=1S/C24H26N2O/c1-26(2)24(27)23(21-16-10-5-11-17-21)25-22(20-14-8-4-9-15-20)18-19-12-6-3-7-13-19/h3-17,22-23,25H,18H2,1-2H3/t22-,23+/m0/s1. The number of benzene rings is 3. The topological polar surface area (TPSA) is 32.3 Å². The quantitative estimate of drug-likeness (QED) is 0.679. The van der Waals surface area contributed by atoms with Gasteiger partial charge in [-0.15, -0.1) is 0 Å². The molecule has 1 N–H and O–H groups in total. The molecule has 3 heteroatoms. The van der Waals surface area contributed by atoms with Gasteiger partial charge in [-0.25, -0.2) is 0 Å². The molecule has 0 heterocycles. The van der Waals surface area contributed by atoms with Crippen molar-refractivity contribution in [1.82, 2.24) is 10.2 Å². The first kappa shape index (κ1) is 18.9. The summed E-state index contributed by atoms with van der Waals surface area (Å²) in [4.78, 5) is 14.6. The highest BCUT2D eigenvalue weighted by molar-refractivity contribution is 5.83. The molecule has 0 saturated heterocycles. The Morgan fingerprint density at radius 3 is 1.78 bits per heavy atom. The van der Waals surface area contributed by atoms with E-state index in [1.54, 1.807) is 19.0 Å². The molecule has 0 spiro atoms. The van der Waals surface area contributed by atoms with E-state index in [2.05, 4.69) is 41.7 Å². The summed E-state index contributed by atoms with van der Waals surface area (Å²) in [7, 11) is 3.60. The normalized spacial score (nSPS) is 13.0. The summed E-state index contributed by atoms with van der Waals surface area (Å²) in [5.74, 6) is 0.0511. The number of hydrogen-bond donors (Lipinski definition) is 1. The third-order valence-corrected chi connectivity index (χ3v) is 4.67. The average Bonchev–Trinajstić information content (AvgIpc) is 2.72. The maximum absolute atomic E-state index is 12.9. The van der Waals surface area contributed by atoms with E-state index in [1.807, 2.05) is 54.6 Å². The van der Waals surface area contributed by atoms with E-state index in [-0.39, 0.29) is 11.9 Å². The van der Waals surface area contributed by atoms with E-state index < -0.39 is 6.04 Å². The Hall–Kier alpha value is -2.91. The molecule has 0 aliphatic rings. The number of hydrogen-bond acceptors (Lipinski definition) is 2. The van der Waals surface area contributed by atoms with Crippen molar-refractivity contribution in [3.63, 3.8) is 0 Å². The zero-order valence-electron chi connectivity index (χ0n) is 15.9. The first-order valence-corrected chi connectivity index (χ1v) is 9.26. The van der Waals surface area contributed by atoms with Crippen molar-refractivity contribution in [2.24, 2.45) is 0 Å². The van der Waals surface area contributed by atoms with Crippen molar-refractivity contribution in [2.45, 2.75) is 18.5 Å². The number of rotatable bonds is 7. The highest BCUT2D eigenvalue weighted by Crippen LogP contribution is 2.24. The van der Waals surface area contributed by atoms with Gasteiger partial charge in [0.2, 0.25) is 5.91 Å². The summed E-state index contributed by atoms with van der Waals surface area (Å²) < 4.78 is 0. The number of carbonyl (C=O) groups excluding carboxylic acids is 1. The predicted molar refractivity (Wildman–Crippen MR) is 110 cm³/mol. The minimum absolute atomic E-state index is 0.0303. The Labute approximate surface area is 161 Å². The second-order valence-electron chi connectivity index (χ2n) is 6.90. The van der Waals surface area contributed by atoms with Crippen molar-refractivity contribution in [2.75, 3.05) is 14.1 Å². The molecule has 2 atom stereocenters. The Morgan fingerprint density at radius 2 is 1.26 bits per heavy atom. The van der Waals surface area contributed by atoms with Gasteiger partial charge in [0.05, 0.1) is 0 Å². The molecule has 3 rings (SSSR count). The first-order chi connectivity index (χ1) is 13.1. The Morgan fingerprint density at radius 1 is 0.778 bits per heavy atom. The molecule has 138 valence electrons. The lowest BCUT2D eigenvalue weighted by molar-refractivity contribution is -0.131. The second-order valence-corrected chi connectivity index (χ2v) is 6.90. The molecule has 0 fully saturated rings. The first-order valence-electron chi connectivity index (χ1n) is 9.26. The van der Waals surface area contributed by atoms with Gasteiger partial charge in [-0.2, -0.15) is 0 Å². The number of amides is 1. The molecular formula is C24H26N2O. The van der Waals surface area contributed by atoms with Gasteiger partial charge < -0.3 is 4.90 Å². The van der Waals surface area contributed by atoms with Crippen LogP contribution in [0.25, 0.3) is 0 Å². The number of likely N-dealkylation sites (N-methyl/N-ethyl adjacent to an activating group) is 1. The molecule has 0 radical (unpaired) electrons. The van der Waals surface area contributed by atoms with Crippen LogP contribution >= 0.6 is 0 Å². The third-order valence-electron chi connectivity index (χ3n) is 4.67. The number of carbonyl (C=O) groups is 1. The Bertz CT molecular complexity index is 832. The van der Waals surface area contributed by atoms with E-state index in [4.69, 9.17) is 0 Å². The highest BCUT2D eigenvalue weighted by Gasteiger charge is 2.26. The van der Waals surface area contributed by atoms with Crippen molar-refractivity contribution in [3.8, 4) is 0 Å². The molecular weight excluding hydrogens is 332 g/mol. The van der Waals surface area contributed by atoms with Crippen molar-refractivity contribution >= 4 is 5.91 Å². The van der Waals surface area contributed by atoms with Gasteiger partial charge in [-0.3, -0.25) is 10.1 Å². The van der Waals surface area contributed by atoms with Crippen LogP contribution < -0.4 is 5.32 Å².